The summed E-state index contributed by atoms with van der Waals surface area (Å²) in [6.07, 6.45) is 0. The van der Waals surface area contributed by atoms with Crippen LogP contribution in [0, 0.1) is 13.8 Å². The van der Waals surface area contributed by atoms with Crippen LogP contribution >= 0.6 is 23.1 Å². The van der Waals surface area contributed by atoms with Gasteiger partial charge in [0.05, 0.1) is 34.0 Å². The average Bonchev–Trinajstić information content (AvgIpc) is 3.24. The van der Waals surface area contributed by atoms with Crippen LogP contribution in [0.15, 0.2) is 36.4 Å². The zero-order chi connectivity index (χ0) is 21.7. The summed E-state index contributed by atoms with van der Waals surface area (Å²) in [5, 5.41) is 18.3. The molecular weight excluding hydrogens is 432 g/mol. The predicted octanol–water partition coefficient (Wildman–Crippen LogP) is 4.59. The van der Waals surface area contributed by atoms with Crippen LogP contribution in [0.1, 0.15) is 27.6 Å². The molecule has 4 aromatic rings. The molecule has 7 nitrogen and oxygen atoms in total. The zero-order valence-corrected chi connectivity index (χ0v) is 18.8. The lowest BCUT2D eigenvalue weighted by Gasteiger charge is -2.16. The number of amides is 1. The van der Waals surface area contributed by atoms with Crippen LogP contribution in [-0.4, -0.2) is 38.6 Å². The number of rotatable bonds is 3. The summed E-state index contributed by atoms with van der Waals surface area (Å²) in [5.74, 6) is 1.34. The Balaban J connectivity index is 1.67. The highest BCUT2D eigenvalue weighted by Gasteiger charge is 2.31. The molecule has 0 fully saturated rings. The molecule has 0 spiro atoms. The fourth-order valence-corrected chi connectivity index (χ4v) is 5.95. The number of nitrogens with zero attached hydrogens (tertiary/aromatic N) is 3. The molecule has 158 valence electrons. The van der Waals surface area contributed by atoms with E-state index in [1.165, 1.54) is 24.4 Å². The topological polar surface area (TPSA) is 89.3 Å². The second kappa shape index (κ2) is 7.58. The number of hydrogen-bond acceptors (Lipinski definition) is 7. The lowest BCUT2D eigenvalue weighted by atomic mass is 10.0. The number of benzene rings is 2. The first-order chi connectivity index (χ1) is 14.9. The number of aromatic hydroxyl groups is 1. The summed E-state index contributed by atoms with van der Waals surface area (Å²) in [7, 11) is 1.52. The van der Waals surface area contributed by atoms with Crippen LogP contribution in [0.3, 0.4) is 0 Å². The van der Waals surface area contributed by atoms with Crippen LogP contribution in [0.25, 0.3) is 15.3 Å². The maximum atomic E-state index is 12.6. The Morgan fingerprint density at radius 3 is 2.87 bits per heavy atom. The van der Waals surface area contributed by atoms with Gasteiger partial charge in [-0.05, 0) is 49.2 Å². The molecule has 1 amide bonds. The van der Waals surface area contributed by atoms with E-state index in [0.29, 0.717) is 22.5 Å². The van der Waals surface area contributed by atoms with E-state index in [-0.39, 0.29) is 16.9 Å². The van der Waals surface area contributed by atoms with Gasteiger partial charge in [-0.3, -0.25) is 4.79 Å². The maximum Gasteiger partial charge on any atom is 0.235 e. The fraction of sp³-hybridized carbons (Fsp3) is 0.227. The van der Waals surface area contributed by atoms with Crippen molar-refractivity contribution in [3.05, 3.63) is 58.8 Å². The Labute approximate surface area is 187 Å². The molecule has 0 saturated carbocycles. The van der Waals surface area contributed by atoms with Crippen LogP contribution in [-0.2, 0) is 4.79 Å². The van der Waals surface area contributed by atoms with E-state index in [2.05, 4.69) is 18.3 Å². The molecule has 1 aliphatic heterocycles. The van der Waals surface area contributed by atoms with E-state index >= 15 is 0 Å². The average molecular weight is 453 g/mol. The van der Waals surface area contributed by atoms with E-state index in [9.17, 15) is 9.90 Å². The van der Waals surface area contributed by atoms with Crippen LogP contribution in [0.4, 0.5) is 5.82 Å². The molecule has 0 saturated heterocycles. The molecule has 0 radical (unpaired) electrons. The Kier molecular flexibility index (Phi) is 4.86. The third kappa shape index (κ3) is 3.43. The summed E-state index contributed by atoms with van der Waals surface area (Å²) in [4.78, 5) is 17.3. The van der Waals surface area contributed by atoms with Gasteiger partial charge in [0, 0.05) is 5.56 Å². The number of carbonyl (C=O) groups excluding carboxylic acids is 1. The number of carbonyl (C=O) groups is 1. The summed E-state index contributed by atoms with van der Waals surface area (Å²) in [5.41, 5.74) is 4.75. The molecule has 3 heterocycles. The smallest absolute Gasteiger partial charge is 0.235 e. The number of methoxy groups -OCH3 is 1. The van der Waals surface area contributed by atoms with Crippen molar-refractivity contribution >= 4 is 45.0 Å². The molecule has 2 N–H and O–H groups in total. The summed E-state index contributed by atoms with van der Waals surface area (Å²) < 4.78 is 8.10. The van der Waals surface area contributed by atoms with Gasteiger partial charge in [-0.1, -0.05) is 23.5 Å². The van der Waals surface area contributed by atoms with E-state index in [1.807, 2.05) is 31.2 Å². The highest BCUT2D eigenvalue weighted by atomic mass is 32.2. The molecule has 0 bridgehead atoms. The molecule has 31 heavy (non-hydrogen) atoms. The van der Waals surface area contributed by atoms with Crippen molar-refractivity contribution in [2.75, 3.05) is 18.2 Å². The summed E-state index contributed by atoms with van der Waals surface area (Å²) >= 11 is 3.07. The van der Waals surface area contributed by atoms with E-state index in [1.54, 1.807) is 22.1 Å². The van der Waals surface area contributed by atoms with Crippen LogP contribution < -0.4 is 10.1 Å². The number of aromatic nitrogens is 3. The minimum Gasteiger partial charge on any atom is -0.504 e. The number of fused-ring (bicyclic) bond motifs is 2. The van der Waals surface area contributed by atoms with Gasteiger partial charge >= 0.3 is 0 Å². The number of hydrogen-bond donors (Lipinski definition) is 2. The van der Waals surface area contributed by atoms with Crippen LogP contribution in [0.5, 0.6) is 11.5 Å². The zero-order valence-electron chi connectivity index (χ0n) is 17.2. The van der Waals surface area contributed by atoms with Gasteiger partial charge in [-0.2, -0.15) is 9.78 Å². The van der Waals surface area contributed by atoms with E-state index in [4.69, 9.17) is 14.8 Å². The van der Waals surface area contributed by atoms with Crippen molar-refractivity contribution in [1.82, 2.24) is 14.8 Å². The summed E-state index contributed by atoms with van der Waals surface area (Å²) in [6.45, 7) is 3.99. The van der Waals surface area contributed by atoms with Gasteiger partial charge in [0.2, 0.25) is 11.0 Å². The first-order valence-electron chi connectivity index (χ1n) is 9.70. The Bertz CT molecular complexity index is 1330. The third-order valence-electron chi connectivity index (χ3n) is 5.23. The number of ether oxygens (including phenoxy) is 1. The monoisotopic (exact) mass is 452 g/mol. The largest absolute Gasteiger partial charge is 0.504 e. The maximum absolute atomic E-state index is 12.6. The van der Waals surface area contributed by atoms with Gasteiger partial charge in [0.1, 0.15) is 5.82 Å². The number of phenolic OH excluding ortho intramolecular Hbond substituents is 1. The normalized spacial score (nSPS) is 16.1. The minimum atomic E-state index is -0.145. The summed E-state index contributed by atoms with van der Waals surface area (Å²) in [6, 6.07) is 11.4. The van der Waals surface area contributed by atoms with E-state index < -0.39 is 0 Å². The number of thioether (sulfide) groups is 1. The number of phenols is 1. The van der Waals surface area contributed by atoms with Crippen molar-refractivity contribution in [1.29, 1.82) is 0 Å². The number of nitrogens with one attached hydrogen (secondary N) is 1. The first kappa shape index (κ1) is 19.9. The second-order valence-electron chi connectivity index (χ2n) is 7.40. The van der Waals surface area contributed by atoms with Crippen molar-refractivity contribution in [3.8, 4) is 16.6 Å². The standard InChI is InChI=1S/C22H20N4O3S2/c1-11-4-6-14-17(8-11)31-22(23-14)26-21-19(12(2)25-26)20(30-10-18(28)24-21)13-5-7-15(27)16(9-13)29-3/h4-9,20,27H,10H2,1-3H3,(H,24,28). The molecule has 9 heteroatoms. The number of thiazole rings is 1. The van der Waals surface area contributed by atoms with Gasteiger partial charge < -0.3 is 15.2 Å². The predicted molar refractivity (Wildman–Crippen MR) is 124 cm³/mol. The molecule has 2 aromatic carbocycles. The SMILES string of the molecule is COc1cc(C2SCC(=O)Nc3c2c(C)nn3-c2nc3ccc(C)cc3s2)ccc1O. The van der Waals surface area contributed by atoms with Crippen LogP contribution in [0.2, 0.25) is 0 Å². The Morgan fingerprint density at radius 2 is 2.06 bits per heavy atom. The highest BCUT2D eigenvalue weighted by Crippen LogP contribution is 2.45. The molecule has 1 unspecified atom stereocenters. The molecule has 0 aliphatic carbocycles. The van der Waals surface area contributed by atoms with Gasteiger partial charge in [0.25, 0.3) is 0 Å². The lowest BCUT2D eigenvalue weighted by molar-refractivity contribution is -0.113. The van der Waals surface area contributed by atoms with Crippen molar-refractivity contribution in [2.45, 2.75) is 19.1 Å². The van der Waals surface area contributed by atoms with E-state index in [0.717, 1.165) is 27.0 Å². The molecule has 5 rings (SSSR count). The molecule has 1 aliphatic rings. The Hall–Kier alpha value is -3.04. The van der Waals surface area contributed by atoms with Gasteiger partial charge in [0.15, 0.2) is 11.5 Å². The second-order valence-corrected chi connectivity index (χ2v) is 9.50. The fourth-order valence-electron chi connectivity index (χ4n) is 3.75. The van der Waals surface area contributed by atoms with Crippen molar-refractivity contribution in [2.24, 2.45) is 0 Å². The van der Waals surface area contributed by atoms with Gasteiger partial charge in [-0.25, -0.2) is 4.98 Å². The number of aryl methyl sites for hydroxylation is 2. The minimum absolute atomic E-state index is 0.0801. The van der Waals surface area contributed by atoms with Crippen molar-refractivity contribution < 1.29 is 14.6 Å². The Morgan fingerprint density at radius 1 is 1.23 bits per heavy atom. The highest BCUT2D eigenvalue weighted by molar-refractivity contribution is 8.00. The van der Waals surface area contributed by atoms with Gasteiger partial charge in [-0.15, -0.1) is 11.8 Å². The lowest BCUT2D eigenvalue weighted by Crippen LogP contribution is -2.15. The van der Waals surface area contributed by atoms with Crippen molar-refractivity contribution in [3.63, 3.8) is 0 Å². The molecule has 2 aromatic heterocycles. The third-order valence-corrected chi connectivity index (χ3v) is 7.49. The first-order valence-corrected chi connectivity index (χ1v) is 11.6. The quantitative estimate of drug-likeness (QED) is 0.473. The molecular formula is C22H20N4O3S2. The number of anilines is 1. The molecule has 1 atom stereocenters.